The minimum absolute atomic E-state index is 0.0340. The molecule has 0 aromatic heterocycles. The van der Waals surface area contributed by atoms with Gasteiger partial charge in [-0.25, -0.2) is 0 Å². The zero-order chi connectivity index (χ0) is 21.2. The number of benzene rings is 1. The lowest BCUT2D eigenvalue weighted by Gasteiger charge is -2.36. The molecule has 1 aromatic rings. The van der Waals surface area contributed by atoms with Gasteiger partial charge in [-0.3, -0.25) is 14.7 Å². The summed E-state index contributed by atoms with van der Waals surface area (Å²) in [4.78, 5) is 23.4. The minimum atomic E-state index is -0.0813. The molecule has 0 saturated carbocycles. The van der Waals surface area contributed by atoms with Crippen LogP contribution >= 0.6 is 0 Å². The van der Waals surface area contributed by atoms with Crippen molar-refractivity contribution in [3.63, 3.8) is 0 Å². The number of nitrogens with one attached hydrogen (secondary N) is 1. The number of piperidine rings is 1. The molecular weight excluding hydrogens is 378 g/mol. The molecule has 2 aliphatic heterocycles. The summed E-state index contributed by atoms with van der Waals surface area (Å²) in [6, 6.07) is 10.7. The number of ether oxygens (including phenoxy) is 1. The van der Waals surface area contributed by atoms with E-state index in [-0.39, 0.29) is 11.9 Å². The maximum atomic E-state index is 11.7. The summed E-state index contributed by atoms with van der Waals surface area (Å²) in [6.45, 7) is 8.29. The average molecular weight is 416 g/mol. The normalized spacial score (nSPS) is 19.1. The third-order valence-corrected chi connectivity index (χ3v) is 6.22. The summed E-state index contributed by atoms with van der Waals surface area (Å²) in [5.41, 5.74) is 1.34. The zero-order valence-corrected chi connectivity index (χ0v) is 18.6. The van der Waals surface area contributed by atoms with Crippen LogP contribution in [-0.2, 0) is 9.53 Å². The number of anilines is 1. The Balaban J connectivity index is 1.27. The number of methoxy groups -OCH3 is 1. The molecule has 0 unspecified atom stereocenters. The van der Waals surface area contributed by atoms with Gasteiger partial charge in [0.05, 0.1) is 13.0 Å². The summed E-state index contributed by atoms with van der Waals surface area (Å²) < 4.78 is 4.87. The van der Waals surface area contributed by atoms with E-state index in [0.717, 1.165) is 77.6 Å². The molecule has 0 amide bonds. The molecule has 0 spiro atoms. The third-order valence-electron chi connectivity index (χ3n) is 6.22. The fraction of sp³-hybridized carbons (Fsp3) is 0.652. The van der Waals surface area contributed by atoms with Crippen LogP contribution in [0.15, 0.2) is 35.3 Å². The van der Waals surface area contributed by atoms with Crippen molar-refractivity contribution >= 4 is 17.6 Å². The number of rotatable bonds is 7. The molecule has 2 aliphatic rings. The first kappa shape index (κ1) is 22.4. The quantitative estimate of drug-likeness (QED) is 0.318. The summed E-state index contributed by atoms with van der Waals surface area (Å²) in [5.74, 6) is 0.906. The van der Waals surface area contributed by atoms with E-state index in [4.69, 9.17) is 4.74 Å². The van der Waals surface area contributed by atoms with E-state index >= 15 is 0 Å². The van der Waals surface area contributed by atoms with Gasteiger partial charge in [0.2, 0.25) is 0 Å². The largest absolute Gasteiger partial charge is 0.469 e. The van der Waals surface area contributed by atoms with Gasteiger partial charge in [-0.05, 0) is 44.4 Å². The smallest absolute Gasteiger partial charge is 0.308 e. The second-order valence-electron chi connectivity index (χ2n) is 8.13. The van der Waals surface area contributed by atoms with Crippen LogP contribution in [0, 0.1) is 5.92 Å². The van der Waals surface area contributed by atoms with Crippen LogP contribution in [0.2, 0.25) is 0 Å². The van der Waals surface area contributed by atoms with Crippen LogP contribution in [-0.4, -0.2) is 88.2 Å². The maximum absolute atomic E-state index is 11.7. The van der Waals surface area contributed by atoms with Crippen LogP contribution < -0.4 is 10.2 Å². The standard InChI is InChI=1S/C23H37N5O2/c1-24-23(28-14-10-20(11-15-28)22(29)30-2)25-12-6-7-13-26-16-18-27(19-17-26)21-8-4-3-5-9-21/h3-5,8-9,20H,6-7,10-19H2,1-2H3,(H,24,25). The second-order valence-corrected chi connectivity index (χ2v) is 8.13. The minimum Gasteiger partial charge on any atom is -0.469 e. The van der Waals surface area contributed by atoms with Gasteiger partial charge >= 0.3 is 5.97 Å². The predicted octanol–water partition coefficient (Wildman–Crippen LogP) is 2.05. The average Bonchev–Trinajstić information content (AvgIpc) is 2.82. The third kappa shape index (κ3) is 6.36. The van der Waals surface area contributed by atoms with Gasteiger partial charge in [-0.2, -0.15) is 0 Å². The number of likely N-dealkylation sites (tertiary alicyclic amines) is 1. The number of aliphatic imine (C=N–C) groups is 1. The van der Waals surface area contributed by atoms with Crippen LogP contribution in [0.5, 0.6) is 0 Å². The molecule has 0 bridgehead atoms. The van der Waals surface area contributed by atoms with Gasteiger partial charge in [0.1, 0.15) is 0 Å². The van der Waals surface area contributed by atoms with Crippen molar-refractivity contribution in [1.29, 1.82) is 0 Å². The molecule has 3 rings (SSSR count). The van der Waals surface area contributed by atoms with E-state index in [9.17, 15) is 4.79 Å². The van der Waals surface area contributed by atoms with Crippen LogP contribution in [0.1, 0.15) is 25.7 Å². The second kappa shape index (κ2) is 11.8. The summed E-state index contributed by atoms with van der Waals surface area (Å²) in [6.07, 6.45) is 4.00. The van der Waals surface area contributed by atoms with Gasteiger partial charge in [0.25, 0.3) is 0 Å². The van der Waals surface area contributed by atoms with Crippen molar-refractivity contribution in [2.75, 3.05) is 71.4 Å². The van der Waals surface area contributed by atoms with Crippen molar-refractivity contribution in [3.8, 4) is 0 Å². The highest BCUT2D eigenvalue weighted by atomic mass is 16.5. The van der Waals surface area contributed by atoms with E-state index in [2.05, 4.69) is 55.3 Å². The summed E-state index contributed by atoms with van der Waals surface area (Å²) >= 11 is 0. The Hall–Kier alpha value is -2.28. The highest BCUT2D eigenvalue weighted by Crippen LogP contribution is 2.18. The molecule has 0 atom stereocenters. The molecule has 7 heteroatoms. The molecule has 2 fully saturated rings. The molecule has 7 nitrogen and oxygen atoms in total. The first-order valence-corrected chi connectivity index (χ1v) is 11.3. The fourth-order valence-electron chi connectivity index (χ4n) is 4.36. The van der Waals surface area contributed by atoms with E-state index < -0.39 is 0 Å². The maximum Gasteiger partial charge on any atom is 0.308 e. The summed E-state index contributed by atoms with van der Waals surface area (Å²) in [5, 5.41) is 3.50. The Morgan fingerprint density at radius 3 is 2.40 bits per heavy atom. The fourth-order valence-corrected chi connectivity index (χ4v) is 4.36. The lowest BCUT2D eigenvalue weighted by Crippen LogP contribution is -2.47. The van der Waals surface area contributed by atoms with Gasteiger partial charge < -0.3 is 19.9 Å². The monoisotopic (exact) mass is 415 g/mol. The Morgan fingerprint density at radius 2 is 1.77 bits per heavy atom. The molecule has 2 saturated heterocycles. The Labute approximate surface area is 181 Å². The number of nitrogens with zero attached hydrogens (tertiary/aromatic N) is 4. The number of carbonyl (C=O) groups is 1. The molecule has 0 aliphatic carbocycles. The number of para-hydroxylation sites is 1. The molecule has 166 valence electrons. The van der Waals surface area contributed by atoms with Crippen molar-refractivity contribution in [2.45, 2.75) is 25.7 Å². The van der Waals surface area contributed by atoms with Crippen LogP contribution in [0.3, 0.4) is 0 Å². The molecule has 1 N–H and O–H groups in total. The van der Waals surface area contributed by atoms with Crippen molar-refractivity contribution in [1.82, 2.24) is 15.1 Å². The highest BCUT2D eigenvalue weighted by molar-refractivity contribution is 5.80. The summed E-state index contributed by atoms with van der Waals surface area (Å²) in [7, 11) is 3.30. The van der Waals surface area contributed by atoms with Gasteiger partial charge in [0, 0.05) is 58.5 Å². The topological polar surface area (TPSA) is 60.4 Å². The number of unbranched alkanes of at least 4 members (excludes halogenated alkanes) is 1. The molecule has 1 aromatic carbocycles. The van der Waals surface area contributed by atoms with E-state index in [1.807, 2.05) is 7.05 Å². The van der Waals surface area contributed by atoms with Crippen LogP contribution in [0.4, 0.5) is 5.69 Å². The highest BCUT2D eigenvalue weighted by Gasteiger charge is 2.26. The lowest BCUT2D eigenvalue weighted by atomic mass is 9.97. The zero-order valence-electron chi connectivity index (χ0n) is 18.6. The SMILES string of the molecule is CN=C(NCCCCN1CCN(c2ccccc2)CC1)N1CCC(C(=O)OC)CC1. The first-order valence-electron chi connectivity index (χ1n) is 11.3. The van der Waals surface area contributed by atoms with Gasteiger partial charge in [0.15, 0.2) is 5.96 Å². The molecule has 2 heterocycles. The number of piperazine rings is 1. The molecule has 0 radical (unpaired) electrons. The lowest BCUT2D eigenvalue weighted by molar-refractivity contribution is -0.146. The number of carbonyl (C=O) groups excluding carboxylic acids is 1. The van der Waals surface area contributed by atoms with E-state index in [0.29, 0.717) is 0 Å². The molecular formula is C23H37N5O2. The molecule has 30 heavy (non-hydrogen) atoms. The number of hydrogen-bond acceptors (Lipinski definition) is 5. The van der Waals surface area contributed by atoms with Crippen molar-refractivity contribution < 1.29 is 9.53 Å². The van der Waals surface area contributed by atoms with E-state index in [1.54, 1.807) is 0 Å². The van der Waals surface area contributed by atoms with Gasteiger partial charge in [-0.1, -0.05) is 18.2 Å². The number of hydrogen-bond donors (Lipinski definition) is 1. The first-order chi connectivity index (χ1) is 14.7. The predicted molar refractivity (Wildman–Crippen MR) is 122 cm³/mol. The van der Waals surface area contributed by atoms with Crippen molar-refractivity contribution in [2.24, 2.45) is 10.9 Å². The Bertz CT molecular complexity index is 665. The number of esters is 1. The van der Waals surface area contributed by atoms with Gasteiger partial charge in [-0.15, -0.1) is 0 Å². The van der Waals surface area contributed by atoms with Crippen LogP contribution in [0.25, 0.3) is 0 Å². The van der Waals surface area contributed by atoms with Crippen molar-refractivity contribution in [3.05, 3.63) is 30.3 Å². The Morgan fingerprint density at radius 1 is 1.07 bits per heavy atom. The van der Waals surface area contributed by atoms with E-state index in [1.165, 1.54) is 19.2 Å². The Kier molecular flexibility index (Phi) is 8.81. The number of guanidine groups is 1.